The lowest BCUT2D eigenvalue weighted by molar-refractivity contribution is 0.330. The quantitative estimate of drug-likeness (QED) is 0.143. The standard InChI is InChI=1S/C41H42N2O/c1-41(25-13-14-26-43(2)3,36-23-21-31-17-11-12-20-33(31)28-36)39(32-18-9-6-10-19-32)37-29-35-27-34(30-15-7-5-8-16-30)22-24-38(35)42-40(37)44-4/h5-12,15-24,27-29,39H,13-14,25-26H2,1-4H3. The average Bonchev–Trinajstić information content (AvgIpc) is 3.07. The molecule has 222 valence electrons. The first kappa shape index (κ1) is 29.6. The predicted octanol–water partition coefficient (Wildman–Crippen LogP) is 9.89. The zero-order chi connectivity index (χ0) is 30.5. The summed E-state index contributed by atoms with van der Waals surface area (Å²) in [6, 6.07) is 46.1. The minimum atomic E-state index is -0.225. The zero-order valence-corrected chi connectivity index (χ0v) is 26.3. The van der Waals surface area contributed by atoms with Crippen LogP contribution in [0.4, 0.5) is 0 Å². The first-order chi connectivity index (χ1) is 21.5. The summed E-state index contributed by atoms with van der Waals surface area (Å²) < 4.78 is 6.11. The van der Waals surface area contributed by atoms with E-state index in [9.17, 15) is 0 Å². The van der Waals surface area contributed by atoms with Gasteiger partial charge in [0.2, 0.25) is 5.88 Å². The van der Waals surface area contributed by atoms with E-state index in [1.54, 1.807) is 7.11 Å². The molecule has 2 atom stereocenters. The Morgan fingerprint density at radius 3 is 2.11 bits per heavy atom. The van der Waals surface area contributed by atoms with Gasteiger partial charge in [0.05, 0.1) is 12.6 Å². The van der Waals surface area contributed by atoms with Gasteiger partial charge in [-0.05, 0) is 84.7 Å². The van der Waals surface area contributed by atoms with Gasteiger partial charge < -0.3 is 9.64 Å². The van der Waals surface area contributed by atoms with E-state index >= 15 is 0 Å². The van der Waals surface area contributed by atoms with Crippen molar-refractivity contribution in [3.63, 3.8) is 0 Å². The Bertz CT molecular complexity index is 1850. The van der Waals surface area contributed by atoms with Crippen molar-refractivity contribution in [1.82, 2.24) is 9.88 Å². The highest BCUT2D eigenvalue weighted by molar-refractivity contribution is 5.86. The molecule has 6 aromatic rings. The van der Waals surface area contributed by atoms with Crippen LogP contribution in [0.15, 0.2) is 127 Å². The predicted molar refractivity (Wildman–Crippen MR) is 186 cm³/mol. The summed E-state index contributed by atoms with van der Waals surface area (Å²) in [6.07, 6.45) is 3.29. The second-order valence-corrected chi connectivity index (χ2v) is 12.4. The molecular weight excluding hydrogens is 536 g/mol. The molecule has 0 saturated heterocycles. The summed E-state index contributed by atoms with van der Waals surface area (Å²) in [7, 11) is 6.07. The zero-order valence-electron chi connectivity index (χ0n) is 26.3. The average molecular weight is 579 g/mol. The Balaban J connectivity index is 1.56. The molecule has 3 heteroatoms. The molecule has 0 aliphatic heterocycles. The SMILES string of the molecule is COc1nc2ccc(-c3ccccc3)cc2cc1C(c1ccccc1)C(C)(CCCCN(C)C)c1ccc2ccccc2c1. The number of hydrogen-bond acceptors (Lipinski definition) is 3. The van der Waals surface area contributed by atoms with E-state index in [1.165, 1.54) is 33.0 Å². The van der Waals surface area contributed by atoms with Crippen LogP contribution < -0.4 is 4.74 Å². The molecule has 5 aromatic carbocycles. The molecule has 0 amide bonds. The van der Waals surface area contributed by atoms with Gasteiger partial charge in [0.25, 0.3) is 0 Å². The number of benzene rings is 5. The van der Waals surface area contributed by atoms with Gasteiger partial charge in [0.15, 0.2) is 0 Å². The van der Waals surface area contributed by atoms with Crippen LogP contribution in [0, 0.1) is 0 Å². The van der Waals surface area contributed by atoms with Gasteiger partial charge in [-0.2, -0.15) is 0 Å². The van der Waals surface area contributed by atoms with Crippen LogP contribution in [0.25, 0.3) is 32.8 Å². The number of rotatable bonds is 11. The van der Waals surface area contributed by atoms with Gasteiger partial charge in [0.1, 0.15) is 0 Å². The van der Waals surface area contributed by atoms with Gasteiger partial charge in [-0.3, -0.25) is 0 Å². The maximum Gasteiger partial charge on any atom is 0.217 e. The molecule has 0 N–H and O–H groups in total. The van der Waals surface area contributed by atoms with Crippen molar-refractivity contribution in [3.05, 3.63) is 144 Å². The van der Waals surface area contributed by atoms with E-state index < -0.39 is 0 Å². The largest absolute Gasteiger partial charge is 0.481 e. The van der Waals surface area contributed by atoms with Gasteiger partial charge >= 0.3 is 0 Å². The van der Waals surface area contributed by atoms with Crippen molar-refractivity contribution in [3.8, 4) is 17.0 Å². The van der Waals surface area contributed by atoms with E-state index in [-0.39, 0.29) is 11.3 Å². The third-order valence-electron chi connectivity index (χ3n) is 9.15. The molecule has 0 bridgehead atoms. The Kier molecular flexibility index (Phi) is 8.77. The van der Waals surface area contributed by atoms with Gasteiger partial charge in [-0.25, -0.2) is 4.98 Å². The molecular formula is C41H42N2O. The van der Waals surface area contributed by atoms with Crippen LogP contribution in [0.2, 0.25) is 0 Å². The molecule has 0 aliphatic carbocycles. The number of fused-ring (bicyclic) bond motifs is 2. The second-order valence-electron chi connectivity index (χ2n) is 12.4. The molecule has 44 heavy (non-hydrogen) atoms. The van der Waals surface area contributed by atoms with Crippen molar-refractivity contribution < 1.29 is 4.74 Å². The maximum atomic E-state index is 6.11. The van der Waals surface area contributed by atoms with Gasteiger partial charge in [-0.1, -0.05) is 123 Å². The van der Waals surface area contributed by atoms with E-state index in [4.69, 9.17) is 9.72 Å². The number of aromatic nitrogens is 1. The highest BCUT2D eigenvalue weighted by Gasteiger charge is 2.40. The third-order valence-corrected chi connectivity index (χ3v) is 9.15. The highest BCUT2D eigenvalue weighted by atomic mass is 16.5. The van der Waals surface area contributed by atoms with Crippen molar-refractivity contribution in [2.24, 2.45) is 0 Å². The first-order valence-corrected chi connectivity index (χ1v) is 15.7. The van der Waals surface area contributed by atoms with Crippen molar-refractivity contribution >= 4 is 21.7 Å². The fraction of sp³-hybridized carbons (Fsp3) is 0.244. The van der Waals surface area contributed by atoms with Crippen LogP contribution in [-0.4, -0.2) is 37.6 Å². The van der Waals surface area contributed by atoms with Crippen LogP contribution in [-0.2, 0) is 5.41 Å². The summed E-state index contributed by atoms with van der Waals surface area (Å²) in [5.41, 5.74) is 6.85. The second kappa shape index (κ2) is 13.0. The number of pyridine rings is 1. The Morgan fingerprint density at radius 2 is 1.39 bits per heavy atom. The van der Waals surface area contributed by atoms with E-state index in [1.807, 2.05) is 0 Å². The van der Waals surface area contributed by atoms with E-state index in [2.05, 4.69) is 153 Å². The van der Waals surface area contributed by atoms with Crippen LogP contribution in [0.3, 0.4) is 0 Å². The van der Waals surface area contributed by atoms with Crippen LogP contribution in [0.5, 0.6) is 5.88 Å². The van der Waals surface area contributed by atoms with Crippen molar-refractivity contribution in [2.75, 3.05) is 27.7 Å². The summed E-state index contributed by atoms with van der Waals surface area (Å²) >= 11 is 0. The summed E-state index contributed by atoms with van der Waals surface area (Å²) in [5.74, 6) is 0.718. The highest BCUT2D eigenvalue weighted by Crippen LogP contribution is 2.50. The third kappa shape index (κ3) is 6.11. The molecule has 2 unspecified atom stereocenters. The normalized spacial score (nSPS) is 13.7. The molecule has 0 saturated carbocycles. The topological polar surface area (TPSA) is 25.4 Å². The number of methoxy groups -OCH3 is 1. The smallest absolute Gasteiger partial charge is 0.217 e. The van der Waals surface area contributed by atoms with Gasteiger partial charge in [-0.15, -0.1) is 0 Å². The molecule has 1 aromatic heterocycles. The number of nitrogens with zero attached hydrogens (tertiary/aromatic N) is 2. The van der Waals surface area contributed by atoms with Gasteiger partial charge in [0, 0.05) is 22.3 Å². The fourth-order valence-electron chi connectivity index (χ4n) is 6.81. The lowest BCUT2D eigenvalue weighted by atomic mass is 9.63. The fourth-order valence-corrected chi connectivity index (χ4v) is 6.81. The van der Waals surface area contributed by atoms with E-state index in [0.717, 1.165) is 42.3 Å². The monoisotopic (exact) mass is 578 g/mol. The lowest BCUT2D eigenvalue weighted by Crippen LogP contribution is -2.32. The molecule has 0 radical (unpaired) electrons. The summed E-state index contributed by atoms with van der Waals surface area (Å²) in [5, 5.41) is 3.66. The summed E-state index contributed by atoms with van der Waals surface area (Å²) in [4.78, 5) is 7.40. The molecule has 1 heterocycles. The van der Waals surface area contributed by atoms with Crippen LogP contribution in [0.1, 0.15) is 48.8 Å². The summed E-state index contributed by atoms with van der Waals surface area (Å²) in [6.45, 7) is 3.53. The minimum absolute atomic E-state index is 0.0245. The Morgan fingerprint density at radius 1 is 0.682 bits per heavy atom. The molecule has 0 aliphatic rings. The van der Waals surface area contributed by atoms with Crippen LogP contribution >= 0.6 is 0 Å². The Hall–Kier alpha value is -4.47. The maximum absolute atomic E-state index is 6.11. The first-order valence-electron chi connectivity index (χ1n) is 15.7. The molecule has 6 rings (SSSR count). The minimum Gasteiger partial charge on any atom is -0.481 e. The number of ether oxygens (including phenoxy) is 1. The lowest BCUT2D eigenvalue weighted by Gasteiger charge is -2.40. The Labute approximate surface area is 262 Å². The number of unbranched alkanes of at least 4 members (excludes halogenated alkanes) is 1. The molecule has 0 spiro atoms. The number of hydrogen-bond donors (Lipinski definition) is 0. The van der Waals surface area contributed by atoms with Crippen molar-refractivity contribution in [2.45, 2.75) is 37.5 Å². The van der Waals surface area contributed by atoms with Crippen molar-refractivity contribution in [1.29, 1.82) is 0 Å². The van der Waals surface area contributed by atoms with E-state index in [0.29, 0.717) is 5.88 Å². The molecule has 3 nitrogen and oxygen atoms in total. The molecule has 0 fully saturated rings.